The van der Waals surface area contributed by atoms with Crippen LogP contribution in [0, 0.1) is 23.2 Å². The fourth-order valence-corrected chi connectivity index (χ4v) is 8.18. The van der Waals surface area contributed by atoms with Crippen molar-refractivity contribution in [2.75, 3.05) is 24.5 Å². The number of nitrogens with one attached hydrogen (secondary N) is 1. The van der Waals surface area contributed by atoms with E-state index in [1.807, 2.05) is 4.90 Å². The Hall–Kier alpha value is -2.04. The van der Waals surface area contributed by atoms with Gasteiger partial charge in [0.1, 0.15) is 6.04 Å². The van der Waals surface area contributed by atoms with Gasteiger partial charge < -0.3 is 15.1 Å². The Morgan fingerprint density at radius 2 is 1.47 bits per heavy atom. The fourth-order valence-electron chi connectivity index (χ4n) is 8.18. The molecule has 32 heavy (non-hydrogen) atoms. The summed E-state index contributed by atoms with van der Waals surface area (Å²) in [5.41, 5.74) is 1.12. The minimum atomic E-state index is -0.248. The zero-order chi connectivity index (χ0) is 21.7. The van der Waals surface area contributed by atoms with Crippen LogP contribution in [0.3, 0.4) is 0 Å². The summed E-state index contributed by atoms with van der Waals surface area (Å²) in [4.78, 5) is 31.5. The van der Waals surface area contributed by atoms with Crippen molar-refractivity contribution in [3.63, 3.8) is 0 Å². The van der Waals surface area contributed by atoms with E-state index >= 15 is 0 Å². The molecule has 0 aromatic heterocycles. The molecule has 6 fully saturated rings. The average molecular weight is 436 g/mol. The molecular formula is C27H37N3O2. The van der Waals surface area contributed by atoms with Crippen molar-refractivity contribution in [2.24, 2.45) is 23.2 Å². The van der Waals surface area contributed by atoms with Gasteiger partial charge in [0.15, 0.2) is 0 Å². The molecule has 0 spiro atoms. The van der Waals surface area contributed by atoms with Crippen LogP contribution in [0.25, 0.3) is 0 Å². The zero-order valence-corrected chi connectivity index (χ0v) is 19.2. The molecule has 1 aromatic rings. The molecule has 2 heterocycles. The predicted molar refractivity (Wildman–Crippen MR) is 125 cm³/mol. The summed E-state index contributed by atoms with van der Waals surface area (Å²) in [6.45, 7) is 2.70. The maximum absolute atomic E-state index is 13.8. The van der Waals surface area contributed by atoms with Gasteiger partial charge in [0.25, 0.3) is 0 Å². The zero-order valence-electron chi connectivity index (χ0n) is 19.2. The number of carbonyl (C=O) groups is 2. The second kappa shape index (κ2) is 8.07. The number of carbonyl (C=O) groups excluding carboxylic acids is 2. The van der Waals surface area contributed by atoms with Crippen LogP contribution in [0.1, 0.15) is 64.2 Å². The van der Waals surface area contributed by atoms with Crippen molar-refractivity contribution in [3.8, 4) is 0 Å². The third-order valence-corrected chi connectivity index (χ3v) is 9.27. The van der Waals surface area contributed by atoms with Crippen LogP contribution < -0.4 is 10.2 Å². The van der Waals surface area contributed by atoms with E-state index in [9.17, 15) is 9.59 Å². The molecule has 7 rings (SSSR count). The van der Waals surface area contributed by atoms with Gasteiger partial charge in [-0.15, -0.1) is 0 Å². The molecule has 5 heteroatoms. The molecule has 6 aliphatic rings. The molecule has 1 N–H and O–H groups in total. The van der Waals surface area contributed by atoms with Crippen molar-refractivity contribution < 1.29 is 9.59 Å². The molecule has 4 saturated carbocycles. The molecule has 0 radical (unpaired) electrons. The second-order valence-electron chi connectivity index (χ2n) is 11.5. The van der Waals surface area contributed by atoms with Crippen LogP contribution >= 0.6 is 0 Å². The van der Waals surface area contributed by atoms with Gasteiger partial charge in [0.2, 0.25) is 11.8 Å². The maximum Gasteiger partial charge on any atom is 0.243 e. The molecule has 1 unspecified atom stereocenters. The highest BCUT2D eigenvalue weighted by Gasteiger charge is 2.56. The lowest BCUT2D eigenvalue weighted by atomic mass is 9.49. The molecule has 4 aliphatic carbocycles. The number of likely N-dealkylation sites (tertiary alicyclic amines) is 1. The summed E-state index contributed by atoms with van der Waals surface area (Å²) < 4.78 is 0. The number of hydrogen-bond acceptors (Lipinski definition) is 3. The highest BCUT2D eigenvalue weighted by atomic mass is 16.2. The van der Waals surface area contributed by atoms with Gasteiger partial charge in [-0.1, -0.05) is 18.2 Å². The summed E-state index contributed by atoms with van der Waals surface area (Å²) in [5, 5.41) is 3.33. The Morgan fingerprint density at radius 1 is 0.844 bits per heavy atom. The number of nitrogens with zero attached hydrogens (tertiary/aromatic N) is 2. The second-order valence-corrected chi connectivity index (χ2v) is 11.5. The van der Waals surface area contributed by atoms with Gasteiger partial charge in [-0.2, -0.15) is 0 Å². The minimum Gasteiger partial charge on any atom is -0.371 e. The van der Waals surface area contributed by atoms with Crippen molar-refractivity contribution in [2.45, 2.75) is 76.3 Å². The number of benzene rings is 1. The van der Waals surface area contributed by atoms with Gasteiger partial charge in [0, 0.05) is 31.4 Å². The largest absolute Gasteiger partial charge is 0.371 e. The Labute approximate surface area is 191 Å². The van der Waals surface area contributed by atoms with Gasteiger partial charge in [-0.05, 0) is 94.1 Å². The monoisotopic (exact) mass is 435 g/mol. The summed E-state index contributed by atoms with van der Waals surface area (Å²) in [6, 6.07) is 10.5. The molecule has 172 valence electrons. The van der Waals surface area contributed by atoms with Crippen molar-refractivity contribution >= 4 is 17.5 Å². The predicted octanol–water partition coefficient (Wildman–Crippen LogP) is 3.98. The molecule has 5 nitrogen and oxygen atoms in total. The van der Waals surface area contributed by atoms with Gasteiger partial charge in [0.05, 0.1) is 5.41 Å². The van der Waals surface area contributed by atoms with E-state index in [4.69, 9.17) is 0 Å². The molecule has 2 aliphatic heterocycles. The van der Waals surface area contributed by atoms with Crippen LogP contribution in [-0.4, -0.2) is 48.4 Å². The highest BCUT2D eigenvalue weighted by molar-refractivity contribution is 5.91. The maximum atomic E-state index is 13.8. The Bertz CT molecular complexity index is 826. The lowest BCUT2D eigenvalue weighted by molar-refractivity contribution is -0.160. The Kier molecular flexibility index (Phi) is 5.19. The van der Waals surface area contributed by atoms with E-state index in [1.165, 1.54) is 24.9 Å². The lowest BCUT2D eigenvalue weighted by Crippen LogP contribution is -2.58. The lowest BCUT2D eigenvalue weighted by Gasteiger charge is -2.56. The fraction of sp³-hybridized carbons (Fsp3) is 0.704. The van der Waals surface area contributed by atoms with Crippen molar-refractivity contribution in [1.29, 1.82) is 0 Å². The molecule has 2 saturated heterocycles. The van der Waals surface area contributed by atoms with Crippen LogP contribution in [0.5, 0.6) is 0 Å². The highest BCUT2D eigenvalue weighted by Crippen LogP contribution is 2.60. The van der Waals surface area contributed by atoms with Crippen LogP contribution in [0.15, 0.2) is 30.3 Å². The molecule has 1 aromatic carbocycles. The summed E-state index contributed by atoms with van der Waals surface area (Å²) in [5.74, 6) is 2.70. The first-order valence-corrected chi connectivity index (χ1v) is 13.0. The van der Waals surface area contributed by atoms with Gasteiger partial charge >= 0.3 is 0 Å². The molecule has 4 bridgehead atoms. The van der Waals surface area contributed by atoms with E-state index in [0.29, 0.717) is 5.91 Å². The van der Waals surface area contributed by atoms with Gasteiger partial charge in [-0.25, -0.2) is 0 Å². The normalized spacial score (nSPS) is 36.5. The van der Waals surface area contributed by atoms with Gasteiger partial charge in [-0.3, -0.25) is 9.59 Å². The van der Waals surface area contributed by atoms with Crippen molar-refractivity contribution in [1.82, 2.24) is 10.2 Å². The van der Waals surface area contributed by atoms with E-state index < -0.39 is 0 Å². The average Bonchev–Trinajstić information content (AvgIpc) is 3.29. The molecular weight excluding hydrogens is 398 g/mol. The number of amides is 2. The van der Waals surface area contributed by atoms with E-state index in [1.54, 1.807) is 0 Å². The standard InChI is InChI=1S/C27H37N3O2/c31-25(28-22-8-11-29(12-9-22)23-5-2-1-3-6-23)24-7-4-10-30(24)26(32)27-16-19-13-20(17-27)15-21(14-19)18-27/h1-3,5-6,19-22,24H,4,7-18H2,(H,28,31). The summed E-state index contributed by atoms with van der Waals surface area (Å²) in [6.07, 6.45) is 11.0. The summed E-state index contributed by atoms with van der Waals surface area (Å²) >= 11 is 0. The number of rotatable bonds is 4. The Morgan fingerprint density at radius 3 is 2.09 bits per heavy atom. The van der Waals surface area contributed by atoms with Crippen LogP contribution in [0.4, 0.5) is 5.69 Å². The first kappa shape index (κ1) is 20.6. The van der Waals surface area contributed by atoms with Crippen LogP contribution in [0.2, 0.25) is 0 Å². The quantitative estimate of drug-likeness (QED) is 0.778. The molecule has 1 atom stereocenters. The number of hydrogen-bond donors (Lipinski definition) is 1. The molecule has 2 amide bonds. The first-order chi connectivity index (χ1) is 15.6. The Balaban J connectivity index is 1.08. The number of piperidine rings is 1. The smallest absolute Gasteiger partial charge is 0.243 e. The topological polar surface area (TPSA) is 52.7 Å². The SMILES string of the molecule is O=C(NC1CCN(c2ccccc2)CC1)C1CCCN1C(=O)C12CC3CC(CC(C3)C1)C2. The number of para-hydroxylation sites is 1. The van der Waals surface area contributed by atoms with E-state index in [0.717, 1.165) is 82.3 Å². The van der Waals surface area contributed by atoms with Crippen molar-refractivity contribution in [3.05, 3.63) is 30.3 Å². The third-order valence-electron chi connectivity index (χ3n) is 9.27. The summed E-state index contributed by atoms with van der Waals surface area (Å²) in [7, 11) is 0. The third kappa shape index (κ3) is 3.62. The first-order valence-electron chi connectivity index (χ1n) is 13.0. The van der Waals surface area contributed by atoms with E-state index in [-0.39, 0.29) is 23.4 Å². The van der Waals surface area contributed by atoms with E-state index in [2.05, 4.69) is 40.5 Å². The minimum absolute atomic E-state index is 0.0961. The van der Waals surface area contributed by atoms with Crippen LogP contribution in [-0.2, 0) is 9.59 Å². The number of anilines is 1.